The van der Waals surface area contributed by atoms with Gasteiger partial charge in [-0.25, -0.2) is 0 Å². The van der Waals surface area contributed by atoms with E-state index in [9.17, 15) is 0 Å². The summed E-state index contributed by atoms with van der Waals surface area (Å²) in [6.45, 7) is 9.18. The van der Waals surface area contributed by atoms with Crippen LogP contribution >= 0.6 is 0 Å². The van der Waals surface area contributed by atoms with Crippen LogP contribution in [0.15, 0.2) is 30.5 Å². The molecule has 1 aliphatic carbocycles. The van der Waals surface area contributed by atoms with Crippen LogP contribution in [0.3, 0.4) is 0 Å². The van der Waals surface area contributed by atoms with Crippen LogP contribution in [0.2, 0.25) is 17.3 Å². The van der Waals surface area contributed by atoms with E-state index in [1.165, 1.54) is 48.1 Å². The number of nitrogens with zero attached hydrogens (tertiary/aromatic N) is 1. The van der Waals surface area contributed by atoms with E-state index in [0.717, 1.165) is 5.92 Å². The fourth-order valence-corrected chi connectivity index (χ4v) is 8.11. The van der Waals surface area contributed by atoms with Gasteiger partial charge in [0.15, 0.2) is 0 Å². The van der Waals surface area contributed by atoms with Gasteiger partial charge in [-0.2, -0.15) is 0 Å². The van der Waals surface area contributed by atoms with E-state index < -0.39 is 13.3 Å². The first kappa shape index (κ1) is 20.6. The quantitative estimate of drug-likeness (QED) is 0.421. The second-order valence-electron chi connectivity index (χ2n) is 10.6. The monoisotopic (exact) mass is 426 g/mol. The Labute approximate surface area is 169 Å². The van der Waals surface area contributed by atoms with Crippen molar-refractivity contribution in [3.8, 4) is 11.3 Å². The van der Waals surface area contributed by atoms with E-state index in [-0.39, 0.29) is 5.41 Å². The maximum atomic E-state index is 2.57. The Morgan fingerprint density at radius 2 is 1.63 bits per heavy atom. The van der Waals surface area contributed by atoms with Gasteiger partial charge in [-0.05, 0) is 0 Å². The first-order chi connectivity index (χ1) is 12.5. The molecule has 1 heterocycles. The van der Waals surface area contributed by atoms with Crippen molar-refractivity contribution in [1.29, 1.82) is 0 Å². The summed E-state index contributed by atoms with van der Waals surface area (Å²) in [6, 6.07) is 9.61. The number of pyridine rings is 1. The van der Waals surface area contributed by atoms with Crippen molar-refractivity contribution in [2.45, 2.75) is 82.0 Å². The van der Waals surface area contributed by atoms with Gasteiger partial charge >= 0.3 is 170 Å². The predicted octanol–water partition coefficient (Wildman–Crippen LogP) is 5.99. The molecule has 146 valence electrons. The second kappa shape index (κ2) is 7.39. The molecule has 0 spiro atoms. The number of hydrogen-bond donors (Lipinski definition) is 0. The van der Waals surface area contributed by atoms with Crippen LogP contribution in [0.5, 0.6) is 0 Å². The molecule has 1 fully saturated rings. The molecule has 1 aliphatic rings. The Kier molecular flexibility index (Phi) is 5.65. The second-order valence-corrected chi connectivity index (χ2v) is 21.2. The van der Waals surface area contributed by atoms with Crippen LogP contribution in [0.1, 0.15) is 69.1 Å². The van der Waals surface area contributed by atoms with Crippen molar-refractivity contribution in [3.05, 3.63) is 47.2 Å². The number of hydrogen-bond acceptors (Lipinski definition) is 0. The minimum atomic E-state index is -1.92. The topological polar surface area (TPSA) is 3.88 Å². The molecule has 0 unspecified atom stereocenters. The molecule has 0 aliphatic heterocycles. The van der Waals surface area contributed by atoms with Crippen LogP contribution in [-0.4, -0.2) is 13.3 Å². The molecule has 0 saturated heterocycles. The van der Waals surface area contributed by atoms with Crippen molar-refractivity contribution < 1.29 is 4.57 Å². The summed E-state index contributed by atoms with van der Waals surface area (Å²) in [6.07, 6.45) is 8.04. The normalized spacial score (nSPS) is 16.1. The third kappa shape index (κ3) is 4.34. The average Bonchev–Trinajstić information content (AvgIpc) is 3.07. The number of benzene rings is 1. The Morgan fingerprint density at radius 3 is 2.19 bits per heavy atom. The summed E-state index contributed by atoms with van der Waals surface area (Å²) in [4.78, 5) is 0. The van der Waals surface area contributed by atoms with Gasteiger partial charge in [0.2, 0.25) is 0 Å². The Hall–Kier alpha value is -1.09. The van der Waals surface area contributed by atoms with Gasteiger partial charge in [-0.15, -0.1) is 0 Å². The third-order valence-electron chi connectivity index (χ3n) is 6.29. The minimum absolute atomic E-state index is 0.177. The molecular weight excluding hydrogens is 387 g/mol. The van der Waals surface area contributed by atoms with Gasteiger partial charge in [0.25, 0.3) is 0 Å². The van der Waals surface area contributed by atoms with Crippen LogP contribution in [0, 0.1) is 6.92 Å². The predicted molar refractivity (Wildman–Crippen MR) is 121 cm³/mol. The summed E-state index contributed by atoms with van der Waals surface area (Å²) < 4.78 is 4.11. The molecule has 2 heteroatoms. The molecule has 1 aromatic carbocycles. The summed E-state index contributed by atoms with van der Waals surface area (Å²) in [5.41, 5.74) is 7.43. The molecule has 1 aromatic heterocycles. The summed E-state index contributed by atoms with van der Waals surface area (Å²) >= 11 is -1.92. The fourth-order valence-electron chi connectivity index (χ4n) is 4.50. The standard InChI is InChI=1S/C25H38GeN/c1-18-13-14-20(25(2,3)4)15-21(18)24-16-22(19-11-9-10-12-19)23(17-27(24)8)26(5,6)7/h13-17,19H,9-12H2,1-8H3/q+1. The maximum absolute atomic E-state index is 2.57. The van der Waals surface area contributed by atoms with E-state index >= 15 is 0 Å². The molecule has 0 radical (unpaired) electrons. The molecule has 0 amide bonds. The van der Waals surface area contributed by atoms with Gasteiger partial charge in [0.1, 0.15) is 0 Å². The van der Waals surface area contributed by atoms with Gasteiger partial charge in [0, 0.05) is 0 Å². The number of aromatic nitrogens is 1. The average molecular weight is 425 g/mol. The van der Waals surface area contributed by atoms with E-state index in [0.29, 0.717) is 0 Å². The van der Waals surface area contributed by atoms with Crippen LogP contribution < -0.4 is 8.96 Å². The van der Waals surface area contributed by atoms with Gasteiger partial charge in [-0.1, -0.05) is 0 Å². The summed E-state index contributed by atoms with van der Waals surface area (Å²) in [7, 11) is 2.24. The summed E-state index contributed by atoms with van der Waals surface area (Å²) in [5, 5.41) is 0. The van der Waals surface area contributed by atoms with Crippen LogP contribution in [0.4, 0.5) is 0 Å². The molecule has 0 N–H and O–H groups in total. The fraction of sp³-hybridized carbons (Fsp3) is 0.560. The zero-order valence-electron chi connectivity index (χ0n) is 18.7. The van der Waals surface area contributed by atoms with Gasteiger partial charge in [0.05, 0.1) is 0 Å². The van der Waals surface area contributed by atoms with Gasteiger partial charge in [-0.3, -0.25) is 0 Å². The molecule has 1 nitrogen and oxygen atoms in total. The van der Waals surface area contributed by atoms with E-state index in [1.54, 1.807) is 9.96 Å². The molecule has 2 aromatic rings. The Bertz CT molecular complexity index is 831. The van der Waals surface area contributed by atoms with E-state index in [1.807, 2.05) is 0 Å². The zero-order chi connectivity index (χ0) is 20.0. The third-order valence-corrected chi connectivity index (χ3v) is 10.6. The van der Waals surface area contributed by atoms with E-state index in [4.69, 9.17) is 0 Å². The van der Waals surface area contributed by atoms with Crippen molar-refractivity contribution >= 4 is 17.7 Å². The molecule has 1 saturated carbocycles. The molecule has 0 bridgehead atoms. The molecule has 3 rings (SSSR count). The van der Waals surface area contributed by atoms with Crippen molar-refractivity contribution in [1.82, 2.24) is 0 Å². The van der Waals surface area contributed by atoms with Crippen molar-refractivity contribution in [2.24, 2.45) is 7.05 Å². The molecular formula is C25H38GeN+. The van der Waals surface area contributed by atoms with Crippen LogP contribution in [-0.2, 0) is 12.5 Å². The Balaban J connectivity index is 2.21. The van der Waals surface area contributed by atoms with E-state index in [2.05, 4.69) is 87.0 Å². The zero-order valence-corrected chi connectivity index (χ0v) is 20.8. The number of aryl methyl sites for hydroxylation is 2. The summed E-state index contributed by atoms with van der Waals surface area (Å²) in [5.74, 6) is 8.40. The molecule has 27 heavy (non-hydrogen) atoms. The Morgan fingerprint density at radius 1 is 1.00 bits per heavy atom. The number of rotatable bonds is 3. The molecule has 0 atom stereocenters. The van der Waals surface area contributed by atoms with Gasteiger partial charge < -0.3 is 0 Å². The SMILES string of the molecule is Cc1ccc(C(C)(C)C)cc1-c1cc(C2CCCC2)[c]([Ge]([CH3])([CH3])[CH3])c[n+]1C. The van der Waals surface area contributed by atoms with Crippen LogP contribution in [0.25, 0.3) is 11.3 Å². The first-order valence-electron chi connectivity index (χ1n) is 10.6. The first-order valence-corrected chi connectivity index (χ1v) is 18.0. The van der Waals surface area contributed by atoms with Crippen molar-refractivity contribution in [3.63, 3.8) is 0 Å². The van der Waals surface area contributed by atoms with Crippen molar-refractivity contribution in [2.75, 3.05) is 0 Å².